The summed E-state index contributed by atoms with van der Waals surface area (Å²) in [4.78, 5) is 14.0. The number of hydrogen-bond acceptors (Lipinski definition) is 4. The average Bonchev–Trinajstić information content (AvgIpc) is 2.73. The van der Waals surface area contributed by atoms with Crippen LogP contribution in [0.4, 0.5) is 0 Å². The molecule has 0 aromatic carbocycles. The summed E-state index contributed by atoms with van der Waals surface area (Å²) in [6, 6.07) is 2.63. The van der Waals surface area contributed by atoms with Gasteiger partial charge in [0.2, 0.25) is 0 Å². The van der Waals surface area contributed by atoms with Crippen molar-refractivity contribution in [3.63, 3.8) is 0 Å². The zero-order valence-corrected chi connectivity index (χ0v) is 13.3. The summed E-state index contributed by atoms with van der Waals surface area (Å²) in [5.74, 6) is -0.202. The number of carbonyl (C=O) groups is 1. The molecular weight excluding hydrogens is 302 g/mol. The Hall–Kier alpha value is -1.01. The van der Waals surface area contributed by atoms with E-state index in [-0.39, 0.29) is 46.4 Å². The van der Waals surface area contributed by atoms with E-state index in [1.165, 1.54) is 12.1 Å². The highest BCUT2D eigenvalue weighted by Crippen LogP contribution is 2.30. The highest BCUT2D eigenvalue weighted by atomic mass is 35.5. The van der Waals surface area contributed by atoms with E-state index >= 15 is 0 Å². The second-order valence-corrected chi connectivity index (χ2v) is 8.70. The number of amides is 1. The van der Waals surface area contributed by atoms with Crippen LogP contribution in [-0.4, -0.2) is 43.3 Å². The van der Waals surface area contributed by atoms with Crippen molar-refractivity contribution in [2.24, 2.45) is 5.41 Å². The van der Waals surface area contributed by atoms with Gasteiger partial charge in [-0.25, -0.2) is 8.42 Å². The van der Waals surface area contributed by atoms with Gasteiger partial charge in [0.15, 0.2) is 20.8 Å². The maximum atomic E-state index is 12.5. The molecule has 20 heavy (non-hydrogen) atoms. The highest BCUT2D eigenvalue weighted by Gasteiger charge is 2.41. The molecule has 2 heterocycles. The third kappa shape index (κ3) is 3.17. The number of furan rings is 1. The molecule has 1 atom stereocenters. The fourth-order valence-electron chi connectivity index (χ4n) is 2.34. The summed E-state index contributed by atoms with van der Waals surface area (Å²) < 4.78 is 28.8. The Morgan fingerprint density at radius 3 is 2.55 bits per heavy atom. The maximum Gasteiger partial charge on any atom is 0.289 e. The van der Waals surface area contributed by atoms with E-state index in [0.29, 0.717) is 0 Å². The zero-order valence-electron chi connectivity index (χ0n) is 11.7. The summed E-state index contributed by atoms with van der Waals surface area (Å²) in [7, 11) is -3.11. The van der Waals surface area contributed by atoms with Gasteiger partial charge in [0.05, 0.1) is 17.5 Å². The molecule has 2 rings (SSSR count). The van der Waals surface area contributed by atoms with Crippen molar-refractivity contribution < 1.29 is 17.6 Å². The molecule has 0 radical (unpaired) electrons. The van der Waals surface area contributed by atoms with Gasteiger partial charge >= 0.3 is 0 Å². The van der Waals surface area contributed by atoms with Crippen LogP contribution in [-0.2, 0) is 9.84 Å². The van der Waals surface area contributed by atoms with E-state index in [1.807, 2.05) is 20.8 Å². The van der Waals surface area contributed by atoms with Crippen LogP contribution in [0.25, 0.3) is 0 Å². The summed E-state index contributed by atoms with van der Waals surface area (Å²) in [5, 5.41) is 0.144. The first-order chi connectivity index (χ1) is 9.10. The molecular formula is C13H18ClNO4S. The molecule has 1 aliphatic rings. The minimum absolute atomic E-state index is 0.0141. The monoisotopic (exact) mass is 319 g/mol. The first-order valence-corrected chi connectivity index (χ1v) is 8.57. The average molecular weight is 320 g/mol. The van der Waals surface area contributed by atoms with Crippen LogP contribution in [0.15, 0.2) is 16.5 Å². The Morgan fingerprint density at radius 1 is 1.40 bits per heavy atom. The third-order valence-corrected chi connectivity index (χ3v) is 5.31. The van der Waals surface area contributed by atoms with E-state index in [1.54, 1.807) is 4.90 Å². The van der Waals surface area contributed by atoms with Crippen LogP contribution in [0, 0.1) is 5.41 Å². The number of hydrogen-bond donors (Lipinski definition) is 0. The Bertz CT molecular complexity index is 615. The number of halogens is 1. The smallest absolute Gasteiger partial charge is 0.289 e. The predicted octanol–water partition coefficient (Wildman–Crippen LogP) is 2.22. The van der Waals surface area contributed by atoms with Crippen molar-refractivity contribution in [3.8, 4) is 0 Å². The fraction of sp³-hybridized carbons (Fsp3) is 0.615. The molecule has 1 saturated heterocycles. The molecule has 0 saturated carbocycles. The van der Waals surface area contributed by atoms with Crippen LogP contribution in [0.1, 0.15) is 31.3 Å². The van der Waals surface area contributed by atoms with Gasteiger partial charge < -0.3 is 9.32 Å². The van der Waals surface area contributed by atoms with Gasteiger partial charge in [-0.15, -0.1) is 0 Å². The van der Waals surface area contributed by atoms with Crippen molar-refractivity contribution in [2.45, 2.75) is 26.8 Å². The maximum absolute atomic E-state index is 12.5. The Kier molecular flexibility index (Phi) is 3.90. The largest absolute Gasteiger partial charge is 0.440 e. The zero-order chi connectivity index (χ0) is 15.1. The lowest BCUT2D eigenvalue weighted by Gasteiger charge is -2.42. The van der Waals surface area contributed by atoms with Crippen molar-refractivity contribution in [1.82, 2.24) is 4.90 Å². The second kappa shape index (κ2) is 5.07. The second-order valence-electron chi connectivity index (χ2n) is 6.10. The molecule has 1 aliphatic heterocycles. The normalized spacial score (nSPS) is 22.8. The quantitative estimate of drug-likeness (QED) is 0.796. The van der Waals surface area contributed by atoms with Crippen molar-refractivity contribution in [3.05, 3.63) is 23.1 Å². The summed E-state index contributed by atoms with van der Waals surface area (Å²) in [5.41, 5.74) is -0.334. The Morgan fingerprint density at radius 2 is 2.05 bits per heavy atom. The van der Waals surface area contributed by atoms with Crippen LogP contribution in [0.3, 0.4) is 0 Å². The van der Waals surface area contributed by atoms with Gasteiger partial charge in [0, 0.05) is 6.54 Å². The number of rotatable bonds is 1. The topological polar surface area (TPSA) is 67.6 Å². The van der Waals surface area contributed by atoms with Crippen LogP contribution in [0.2, 0.25) is 5.22 Å². The Labute approximate surface area is 123 Å². The molecule has 0 aliphatic carbocycles. The minimum Gasteiger partial charge on any atom is -0.440 e. The molecule has 0 N–H and O–H groups in total. The molecule has 1 unspecified atom stereocenters. The van der Waals surface area contributed by atoms with E-state index in [9.17, 15) is 13.2 Å². The number of carbonyl (C=O) groups excluding carboxylic acids is 1. The molecule has 1 aromatic heterocycles. The lowest BCUT2D eigenvalue weighted by Crippen LogP contribution is -2.56. The van der Waals surface area contributed by atoms with Crippen molar-refractivity contribution in [1.29, 1.82) is 0 Å². The van der Waals surface area contributed by atoms with Crippen LogP contribution in [0.5, 0.6) is 0 Å². The predicted molar refractivity (Wildman–Crippen MR) is 76.7 cm³/mol. The SMILES string of the molecule is CC(C)(C)C1CS(=O)(=O)CCN1C(=O)c1ccc(Cl)o1. The van der Waals surface area contributed by atoms with Gasteiger partial charge in [-0.05, 0) is 29.1 Å². The fourth-order valence-corrected chi connectivity index (χ4v) is 4.29. The van der Waals surface area contributed by atoms with Crippen LogP contribution < -0.4 is 0 Å². The molecule has 112 valence electrons. The third-order valence-electron chi connectivity index (χ3n) is 3.48. The number of sulfone groups is 1. The summed E-state index contributed by atoms with van der Waals surface area (Å²) in [6.07, 6.45) is 0. The first-order valence-electron chi connectivity index (χ1n) is 6.37. The van der Waals surface area contributed by atoms with E-state index in [0.717, 1.165) is 0 Å². The summed E-state index contributed by atoms with van der Waals surface area (Å²) in [6.45, 7) is 5.96. The molecule has 0 bridgehead atoms. The van der Waals surface area contributed by atoms with Gasteiger partial charge in [-0.2, -0.15) is 0 Å². The lowest BCUT2D eigenvalue weighted by molar-refractivity contribution is 0.0531. The molecule has 5 nitrogen and oxygen atoms in total. The minimum atomic E-state index is -3.11. The van der Waals surface area contributed by atoms with Crippen molar-refractivity contribution in [2.75, 3.05) is 18.1 Å². The van der Waals surface area contributed by atoms with Gasteiger partial charge in [0.1, 0.15) is 0 Å². The molecule has 1 fully saturated rings. The van der Waals surface area contributed by atoms with Crippen LogP contribution >= 0.6 is 11.6 Å². The van der Waals surface area contributed by atoms with Crippen molar-refractivity contribution >= 4 is 27.3 Å². The standard InChI is InChI=1S/C13H18ClNO4S/c1-13(2,3)10-8-20(17,18)7-6-15(10)12(16)9-4-5-11(14)19-9/h4-5,10H,6-8H2,1-3H3. The lowest BCUT2D eigenvalue weighted by atomic mass is 9.86. The molecule has 1 aromatic rings. The van der Waals surface area contributed by atoms with Gasteiger partial charge in [-0.3, -0.25) is 4.79 Å². The van der Waals surface area contributed by atoms with Gasteiger partial charge in [0.25, 0.3) is 5.91 Å². The molecule has 7 heteroatoms. The Balaban J connectivity index is 2.31. The van der Waals surface area contributed by atoms with E-state index in [2.05, 4.69) is 0 Å². The van der Waals surface area contributed by atoms with Gasteiger partial charge in [-0.1, -0.05) is 20.8 Å². The highest BCUT2D eigenvalue weighted by molar-refractivity contribution is 7.91. The molecule has 0 spiro atoms. The number of nitrogens with zero attached hydrogens (tertiary/aromatic N) is 1. The summed E-state index contributed by atoms with van der Waals surface area (Å²) >= 11 is 5.68. The van der Waals surface area contributed by atoms with E-state index < -0.39 is 9.84 Å². The van der Waals surface area contributed by atoms with E-state index in [4.69, 9.17) is 16.0 Å². The molecule has 1 amide bonds. The first kappa shape index (κ1) is 15.4.